The molecule has 0 aliphatic carbocycles. The molecular weight excluding hydrogens is 428 g/mol. The second kappa shape index (κ2) is 7.54. The van der Waals surface area contributed by atoms with Crippen molar-refractivity contribution in [3.05, 3.63) is 71.8 Å². The van der Waals surface area contributed by atoms with Crippen LogP contribution in [-0.4, -0.2) is 24.1 Å². The highest BCUT2D eigenvalue weighted by molar-refractivity contribution is 7.89. The molecule has 3 aromatic rings. The summed E-state index contributed by atoms with van der Waals surface area (Å²) < 4.78 is 78.0. The minimum absolute atomic E-state index is 0.0303. The van der Waals surface area contributed by atoms with Crippen LogP contribution in [0.15, 0.2) is 59.6 Å². The van der Waals surface area contributed by atoms with Crippen LogP contribution >= 0.6 is 0 Å². The highest BCUT2D eigenvalue weighted by Crippen LogP contribution is 2.39. The lowest BCUT2D eigenvalue weighted by Gasteiger charge is -2.20. The van der Waals surface area contributed by atoms with E-state index in [1.165, 1.54) is 0 Å². The number of nitrogens with zero attached hydrogens (tertiary/aromatic N) is 2. The molecule has 2 aromatic carbocycles. The van der Waals surface area contributed by atoms with Gasteiger partial charge in [-0.15, -0.1) is 0 Å². The molecule has 0 aliphatic rings. The van der Waals surface area contributed by atoms with Gasteiger partial charge in [-0.05, 0) is 35.4 Å². The van der Waals surface area contributed by atoms with Gasteiger partial charge >= 0.3 is 6.18 Å². The largest absolute Gasteiger partial charge is 0.433 e. The van der Waals surface area contributed by atoms with Gasteiger partial charge in [-0.25, -0.2) is 22.6 Å². The van der Waals surface area contributed by atoms with Crippen molar-refractivity contribution in [2.24, 2.45) is 10.9 Å². The zero-order valence-corrected chi connectivity index (χ0v) is 15.8. The van der Waals surface area contributed by atoms with Gasteiger partial charge in [0.05, 0.1) is 11.1 Å². The van der Waals surface area contributed by atoms with Crippen molar-refractivity contribution in [3.8, 4) is 11.1 Å². The monoisotopic (exact) mass is 442 g/mol. The van der Waals surface area contributed by atoms with Crippen molar-refractivity contribution in [2.45, 2.75) is 17.1 Å². The molecule has 0 saturated heterocycles. The van der Waals surface area contributed by atoms with Crippen LogP contribution in [0.4, 0.5) is 17.6 Å². The van der Waals surface area contributed by atoms with Crippen molar-refractivity contribution >= 4 is 15.9 Å². The summed E-state index contributed by atoms with van der Waals surface area (Å²) in [6.45, 7) is 0. The molecule has 3 rings (SSSR count). The van der Waals surface area contributed by atoms with E-state index in [9.17, 15) is 30.8 Å². The Bertz CT molecular complexity index is 1190. The summed E-state index contributed by atoms with van der Waals surface area (Å²) in [5.74, 6) is -1.79. The fourth-order valence-electron chi connectivity index (χ4n) is 2.95. The van der Waals surface area contributed by atoms with Crippen LogP contribution in [0.25, 0.3) is 11.1 Å². The zero-order chi connectivity index (χ0) is 22.3. The number of benzene rings is 2. The summed E-state index contributed by atoms with van der Waals surface area (Å²) in [6.07, 6.45) is -4.04. The standard InChI is InChI=1S/C18H14F4N4O3S/c19-12-5-1-10(2-6-12)14-9-25-26(16(14)18(20,21)22)15(17(23)27)11-3-7-13(8-4-11)30(24,28)29/h1-9,15H,(H2,23,27)(H2,24,28,29). The van der Waals surface area contributed by atoms with Gasteiger partial charge in [-0.2, -0.15) is 18.3 Å². The lowest BCUT2D eigenvalue weighted by atomic mass is 10.0. The maximum Gasteiger partial charge on any atom is 0.433 e. The summed E-state index contributed by atoms with van der Waals surface area (Å²) in [5, 5.41) is 8.71. The fraction of sp³-hybridized carbons (Fsp3) is 0.111. The van der Waals surface area contributed by atoms with Gasteiger partial charge in [-0.1, -0.05) is 24.3 Å². The van der Waals surface area contributed by atoms with Crippen molar-refractivity contribution < 1.29 is 30.8 Å². The van der Waals surface area contributed by atoms with Gasteiger partial charge in [-0.3, -0.25) is 4.79 Å². The number of carbonyl (C=O) groups is 1. The maximum absolute atomic E-state index is 13.9. The van der Waals surface area contributed by atoms with E-state index in [0.29, 0.717) is 4.68 Å². The Labute approximate surface area is 168 Å². The number of hydrogen-bond donors (Lipinski definition) is 2. The number of hydrogen-bond acceptors (Lipinski definition) is 4. The number of aromatic nitrogens is 2. The van der Waals surface area contributed by atoms with Crippen LogP contribution in [-0.2, 0) is 21.0 Å². The van der Waals surface area contributed by atoms with Crippen LogP contribution in [0.1, 0.15) is 17.3 Å². The molecule has 4 N–H and O–H groups in total. The van der Waals surface area contributed by atoms with Gasteiger partial charge < -0.3 is 5.73 Å². The third-order valence-corrected chi connectivity index (χ3v) is 5.19. The molecule has 0 aliphatic heterocycles. The van der Waals surface area contributed by atoms with Crippen LogP contribution in [0.2, 0.25) is 0 Å². The second-order valence-electron chi connectivity index (χ2n) is 6.28. The first-order chi connectivity index (χ1) is 13.9. The van der Waals surface area contributed by atoms with Gasteiger partial charge in [0.1, 0.15) is 5.82 Å². The third kappa shape index (κ3) is 4.19. The average Bonchev–Trinajstić information content (AvgIpc) is 3.07. The van der Waals surface area contributed by atoms with Crippen LogP contribution in [0.5, 0.6) is 0 Å². The van der Waals surface area contributed by atoms with E-state index in [0.717, 1.165) is 54.7 Å². The molecule has 0 bridgehead atoms. The first-order valence-electron chi connectivity index (χ1n) is 8.22. The zero-order valence-electron chi connectivity index (χ0n) is 15.0. The molecule has 1 atom stereocenters. The molecular formula is C18H14F4N4O3S. The smallest absolute Gasteiger partial charge is 0.368 e. The number of rotatable bonds is 5. The minimum Gasteiger partial charge on any atom is -0.368 e. The number of carbonyl (C=O) groups excluding carboxylic acids is 1. The van der Waals surface area contributed by atoms with Crippen molar-refractivity contribution in [2.75, 3.05) is 0 Å². The summed E-state index contributed by atoms with van der Waals surface area (Å²) in [4.78, 5) is 11.8. The number of nitrogens with two attached hydrogens (primary N) is 2. The highest BCUT2D eigenvalue weighted by Gasteiger charge is 2.41. The molecule has 0 fully saturated rings. The Hall–Kier alpha value is -3.25. The van der Waals surface area contributed by atoms with E-state index < -0.39 is 39.7 Å². The van der Waals surface area contributed by atoms with Gasteiger partial charge in [0.2, 0.25) is 15.9 Å². The van der Waals surface area contributed by atoms with Crippen molar-refractivity contribution in [3.63, 3.8) is 0 Å². The van der Waals surface area contributed by atoms with E-state index >= 15 is 0 Å². The first-order valence-corrected chi connectivity index (χ1v) is 9.77. The number of primary amides is 1. The lowest BCUT2D eigenvalue weighted by molar-refractivity contribution is -0.144. The molecule has 1 unspecified atom stereocenters. The second-order valence-corrected chi connectivity index (χ2v) is 7.84. The molecule has 30 heavy (non-hydrogen) atoms. The molecule has 7 nitrogen and oxygen atoms in total. The summed E-state index contributed by atoms with van der Waals surface area (Å²) in [5.41, 5.74) is 3.69. The van der Waals surface area contributed by atoms with E-state index in [1.54, 1.807) is 0 Å². The van der Waals surface area contributed by atoms with Gasteiger partial charge in [0, 0.05) is 5.56 Å². The van der Waals surface area contributed by atoms with Crippen LogP contribution in [0, 0.1) is 5.82 Å². The first kappa shape index (κ1) is 21.5. The number of primary sulfonamides is 1. The minimum atomic E-state index is -4.94. The fourth-order valence-corrected chi connectivity index (χ4v) is 3.46. The molecule has 0 radical (unpaired) electrons. The van der Waals surface area contributed by atoms with E-state index in [2.05, 4.69) is 5.10 Å². The summed E-state index contributed by atoms with van der Waals surface area (Å²) in [6, 6.07) is 6.90. The van der Waals surface area contributed by atoms with Gasteiger partial charge in [0.25, 0.3) is 0 Å². The normalized spacial score (nSPS) is 13.2. The predicted octanol–water partition coefficient (Wildman–Crippen LogP) is 2.43. The predicted molar refractivity (Wildman–Crippen MR) is 97.8 cm³/mol. The number of halogens is 4. The number of alkyl halides is 3. The number of amides is 1. The third-order valence-electron chi connectivity index (χ3n) is 4.26. The Kier molecular flexibility index (Phi) is 5.39. The van der Waals surface area contributed by atoms with Crippen molar-refractivity contribution in [1.82, 2.24) is 9.78 Å². The Morgan fingerprint density at radius 3 is 2.07 bits per heavy atom. The Morgan fingerprint density at radius 2 is 1.60 bits per heavy atom. The summed E-state index contributed by atoms with van der Waals surface area (Å²) >= 11 is 0. The Balaban J connectivity index is 2.18. The van der Waals surface area contributed by atoms with E-state index in [1.807, 2.05) is 0 Å². The molecule has 0 spiro atoms. The molecule has 0 saturated carbocycles. The van der Waals surface area contributed by atoms with Crippen LogP contribution in [0.3, 0.4) is 0 Å². The molecule has 12 heteroatoms. The van der Waals surface area contributed by atoms with E-state index in [-0.39, 0.29) is 21.6 Å². The summed E-state index contributed by atoms with van der Waals surface area (Å²) in [7, 11) is -4.05. The molecule has 1 amide bonds. The molecule has 158 valence electrons. The maximum atomic E-state index is 13.9. The van der Waals surface area contributed by atoms with Crippen molar-refractivity contribution in [1.29, 1.82) is 0 Å². The topological polar surface area (TPSA) is 121 Å². The lowest BCUT2D eigenvalue weighted by Crippen LogP contribution is -2.31. The molecule has 1 heterocycles. The van der Waals surface area contributed by atoms with Crippen LogP contribution < -0.4 is 10.9 Å². The molecule has 1 aromatic heterocycles. The Morgan fingerprint density at radius 1 is 1.03 bits per heavy atom. The SMILES string of the molecule is NC(=O)C(c1ccc(S(N)(=O)=O)cc1)n1ncc(-c2ccc(F)cc2)c1C(F)(F)F. The quantitative estimate of drug-likeness (QED) is 0.590. The average molecular weight is 442 g/mol. The van der Waals surface area contributed by atoms with E-state index in [4.69, 9.17) is 10.9 Å². The highest BCUT2D eigenvalue weighted by atomic mass is 32.2. The van der Waals surface area contributed by atoms with Gasteiger partial charge in [0.15, 0.2) is 11.7 Å². The number of sulfonamides is 1.